The SMILES string of the molecule is CCCN(CCO)CC(=O)N(CC)c1ccc(F)cc1. The summed E-state index contributed by atoms with van der Waals surface area (Å²) in [5, 5.41) is 9.01. The highest BCUT2D eigenvalue weighted by atomic mass is 19.1. The molecule has 4 nitrogen and oxygen atoms in total. The van der Waals surface area contributed by atoms with Gasteiger partial charge in [-0.3, -0.25) is 9.69 Å². The molecule has 0 heterocycles. The molecule has 0 aliphatic rings. The van der Waals surface area contributed by atoms with Crippen molar-refractivity contribution in [2.24, 2.45) is 0 Å². The van der Waals surface area contributed by atoms with Crippen molar-refractivity contribution in [2.45, 2.75) is 20.3 Å². The number of hydrogen-bond acceptors (Lipinski definition) is 3. The zero-order chi connectivity index (χ0) is 15.0. The fourth-order valence-corrected chi connectivity index (χ4v) is 2.13. The van der Waals surface area contributed by atoms with Gasteiger partial charge < -0.3 is 10.0 Å². The van der Waals surface area contributed by atoms with E-state index >= 15 is 0 Å². The molecule has 0 spiro atoms. The Labute approximate surface area is 119 Å². The summed E-state index contributed by atoms with van der Waals surface area (Å²) in [4.78, 5) is 15.9. The van der Waals surface area contributed by atoms with Gasteiger partial charge in [0.25, 0.3) is 0 Å². The number of amides is 1. The van der Waals surface area contributed by atoms with Gasteiger partial charge in [-0.25, -0.2) is 4.39 Å². The number of aliphatic hydroxyl groups is 1. The number of anilines is 1. The maximum Gasteiger partial charge on any atom is 0.241 e. The molecule has 0 radical (unpaired) electrons. The Morgan fingerprint density at radius 3 is 2.35 bits per heavy atom. The fraction of sp³-hybridized carbons (Fsp3) is 0.533. The molecule has 0 saturated heterocycles. The molecule has 0 aromatic heterocycles. The van der Waals surface area contributed by atoms with Gasteiger partial charge in [0.2, 0.25) is 5.91 Å². The van der Waals surface area contributed by atoms with Gasteiger partial charge in [-0.2, -0.15) is 0 Å². The Morgan fingerprint density at radius 2 is 1.85 bits per heavy atom. The van der Waals surface area contributed by atoms with Crippen molar-refractivity contribution in [1.82, 2.24) is 4.90 Å². The maximum atomic E-state index is 12.9. The lowest BCUT2D eigenvalue weighted by atomic mass is 10.2. The minimum atomic E-state index is -0.315. The van der Waals surface area contributed by atoms with E-state index in [9.17, 15) is 9.18 Å². The van der Waals surface area contributed by atoms with E-state index in [1.165, 1.54) is 12.1 Å². The Kier molecular flexibility index (Phi) is 7.18. The van der Waals surface area contributed by atoms with Crippen LogP contribution in [-0.2, 0) is 4.79 Å². The van der Waals surface area contributed by atoms with E-state index < -0.39 is 0 Å². The first kappa shape index (κ1) is 16.6. The largest absolute Gasteiger partial charge is 0.395 e. The predicted octanol–water partition coefficient (Wildman–Crippen LogP) is 1.88. The van der Waals surface area contributed by atoms with Crippen molar-refractivity contribution in [3.63, 3.8) is 0 Å². The molecule has 0 saturated carbocycles. The van der Waals surface area contributed by atoms with E-state index in [2.05, 4.69) is 0 Å². The molecule has 1 rings (SSSR count). The first-order valence-electron chi connectivity index (χ1n) is 7.01. The van der Waals surface area contributed by atoms with Crippen LogP contribution < -0.4 is 4.90 Å². The molecular weight excluding hydrogens is 259 g/mol. The van der Waals surface area contributed by atoms with Gasteiger partial charge in [-0.1, -0.05) is 6.92 Å². The van der Waals surface area contributed by atoms with Crippen LogP contribution in [0.1, 0.15) is 20.3 Å². The second kappa shape index (κ2) is 8.66. The number of hydrogen-bond donors (Lipinski definition) is 1. The minimum Gasteiger partial charge on any atom is -0.395 e. The van der Waals surface area contributed by atoms with Crippen molar-refractivity contribution >= 4 is 11.6 Å². The second-order valence-electron chi connectivity index (χ2n) is 4.61. The van der Waals surface area contributed by atoms with E-state index in [0.717, 1.165) is 13.0 Å². The zero-order valence-corrected chi connectivity index (χ0v) is 12.2. The van der Waals surface area contributed by atoms with E-state index in [4.69, 9.17) is 5.11 Å². The fourth-order valence-electron chi connectivity index (χ4n) is 2.13. The van der Waals surface area contributed by atoms with Gasteiger partial charge in [-0.05, 0) is 44.2 Å². The summed E-state index contributed by atoms with van der Waals surface area (Å²) in [6, 6.07) is 5.91. The Balaban J connectivity index is 2.73. The van der Waals surface area contributed by atoms with Crippen molar-refractivity contribution in [1.29, 1.82) is 0 Å². The molecule has 1 aromatic carbocycles. The van der Waals surface area contributed by atoms with E-state index in [0.29, 0.717) is 18.8 Å². The van der Waals surface area contributed by atoms with E-state index in [1.807, 2.05) is 18.7 Å². The third-order valence-electron chi connectivity index (χ3n) is 3.07. The standard InChI is InChI=1S/C15H23FN2O2/c1-3-9-17(10-11-19)12-15(20)18(4-2)14-7-5-13(16)6-8-14/h5-8,19H,3-4,9-12H2,1-2H3. The molecule has 0 bridgehead atoms. The first-order valence-corrected chi connectivity index (χ1v) is 7.01. The van der Waals surface area contributed by atoms with Gasteiger partial charge in [0.1, 0.15) is 5.82 Å². The normalized spacial score (nSPS) is 10.8. The van der Waals surface area contributed by atoms with Crippen LogP contribution in [-0.4, -0.2) is 48.7 Å². The molecule has 0 unspecified atom stereocenters. The summed E-state index contributed by atoms with van der Waals surface area (Å²) >= 11 is 0. The summed E-state index contributed by atoms with van der Waals surface area (Å²) < 4.78 is 12.9. The third-order valence-corrected chi connectivity index (χ3v) is 3.07. The Hall–Kier alpha value is -1.46. The van der Waals surface area contributed by atoms with E-state index in [-0.39, 0.29) is 24.9 Å². The van der Waals surface area contributed by atoms with Crippen LogP contribution in [0.25, 0.3) is 0 Å². The summed E-state index contributed by atoms with van der Waals surface area (Å²) in [5.74, 6) is -0.355. The monoisotopic (exact) mass is 282 g/mol. The highest BCUT2D eigenvalue weighted by Gasteiger charge is 2.17. The molecule has 0 aliphatic heterocycles. The van der Waals surface area contributed by atoms with Crippen LogP contribution in [0.5, 0.6) is 0 Å². The van der Waals surface area contributed by atoms with Crippen LogP contribution >= 0.6 is 0 Å². The number of carbonyl (C=O) groups excluding carboxylic acids is 1. The third kappa shape index (κ3) is 4.90. The molecule has 1 aromatic rings. The number of rotatable bonds is 8. The Bertz CT molecular complexity index is 403. The van der Waals surface area contributed by atoms with Gasteiger partial charge in [0.15, 0.2) is 0 Å². The summed E-state index contributed by atoms with van der Waals surface area (Å²) in [5.41, 5.74) is 0.694. The van der Waals surface area contributed by atoms with Crippen LogP contribution in [0, 0.1) is 5.82 Å². The lowest BCUT2D eigenvalue weighted by Gasteiger charge is -2.26. The number of nitrogens with zero attached hydrogens (tertiary/aromatic N) is 2. The number of halogens is 1. The first-order chi connectivity index (χ1) is 9.62. The van der Waals surface area contributed by atoms with Crippen LogP contribution in [0.15, 0.2) is 24.3 Å². The highest BCUT2D eigenvalue weighted by Crippen LogP contribution is 2.15. The average molecular weight is 282 g/mol. The van der Waals surface area contributed by atoms with Gasteiger partial charge in [0, 0.05) is 18.8 Å². The van der Waals surface area contributed by atoms with Gasteiger partial charge in [-0.15, -0.1) is 0 Å². The molecule has 0 aliphatic carbocycles. The average Bonchev–Trinajstić information content (AvgIpc) is 2.42. The highest BCUT2D eigenvalue weighted by molar-refractivity contribution is 5.94. The lowest BCUT2D eigenvalue weighted by molar-refractivity contribution is -0.119. The molecule has 0 fully saturated rings. The number of carbonyl (C=O) groups is 1. The lowest BCUT2D eigenvalue weighted by Crippen LogP contribution is -2.41. The quantitative estimate of drug-likeness (QED) is 0.792. The van der Waals surface area contributed by atoms with Crippen molar-refractivity contribution in [3.05, 3.63) is 30.1 Å². The number of benzene rings is 1. The van der Waals surface area contributed by atoms with Crippen molar-refractivity contribution in [2.75, 3.05) is 37.7 Å². The number of aliphatic hydroxyl groups excluding tert-OH is 1. The second-order valence-corrected chi connectivity index (χ2v) is 4.61. The summed E-state index contributed by atoms with van der Waals surface area (Å²) in [6.07, 6.45) is 0.927. The van der Waals surface area contributed by atoms with Crippen molar-refractivity contribution in [3.8, 4) is 0 Å². The van der Waals surface area contributed by atoms with Crippen LogP contribution in [0.3, 0.4) is 0 Å². The zero-order valence-electron chi connectivity index (χ0n) is 12.2. The van der Waals surface area contributed by atoms with E-state index in [1.54, 1.807) is 17.0 Å². The Morgan fingerprint density at radius 1 is 1.20 bits per heavy atom. The van der Waals surface area contributed by atoms with Gasteiger partial charge in [0.05, 0.1) is 13.2 Å². The molecule has 1 N–H and O–H groups in total. The van der Waals surface area contributed by atoms with Crippen molar-refractivity contribution < 1.29 is 14.3 Å². The topological polar surface area (TPSA) is 43.8 Å². The predicted molar refractivity (Wildman–Crippen MR) is 78.2 cm³/mol. The molecule has 5 heteroatoms. The molecular formula is C15H23FN2O2. The molecule has 20 heavy (non-hydrogen) atoms. The van der Waals surface area contributed by atoms with Crippen LogP contribution in [0.2, 0.25) is 0 Å². The molecule has 112 valence electrons. The minimum absolute atomic E-state index is 0.0377. The van der Waals surface area contributed by atoms with Crippen LogP contribution in [0.4, 0.5) is 10.1 Å². The number of likely N-dealkylation sites (N-methyl/N-ethyl adjacent to an activating group) is 1. The summed E-state index contributed by atoms with van der Waals surface area (Å²) in [7, 11) is 0. The molecule has 0 atom stereocenters. The maximum absolute atomic E-state index is 12.9. The summed E-state index contributed by atoms with van der Waals surface area (Å²) in [6.45, 7) is 6.01. The smallest absolute Gasteiger partial charge is 0.241 e. The van der Waals surface area contributed by atoms with Gasteiger partial charge >= 0.3 is 0 Å². The molecule has 1 amide bonds.